The summed E-state index contributed by atoms with van der Waals surface area (Å²) in [6.07, 6.45) is 1.45. The van der Waals surface area contributed by atoms with Gasteiger partial charge >= 0.3 is 7.60 Å². The van der Waals surface area contributed by atoms with Crippen LogP contribution in [-0.4, -0.2) is 54.6 Å². The van der Waals surface area contributed by atoms with Crippen molar-refractivity contribution in [3.63, 3.8) is 0 Å². The zero-order valence-electron chi connectivity index (χ0n) is 19.4. The van der Waals surface area contributed by atoms with E-state index in [1.165, 1.54) is 10.6 Å². The van der Waals surface area contributed by atoms with Gasteiger partial charge in [-0.1, -0.05) is 6.07 Å². The standard InChI is InChI=1S/C22H27FN3O8P/c1-31-35(30,32-2)16-12-15(23)5-4-14(16)13-24-19(28)17-18(27)20(29)26-8-3-9-34-22(21(26)25-17)6-10-33-11-7-22/h4-5,12,27H,3,6-11,13H2,1-2H3,(H,24,28). The molecule has 0 saturated carbocycles. The predicted molar refractivity (Wildman–Crippen MR) is 121 cm³/mol. The van der Waals surface area contributed by atoms with Gasteiger partial charge in [0.1, 0.15) is 17.2 Å². The normalized spacial score (nSPS) is 17.6. The van der Waals surface area contributed by atoms with E-state index in [0.29, 0.717) is 45.6 Å². The highest BCUT2D eigenvalue weighted by Crippen LogP contribution is 2.46. The second kappa shape index (κ2) is 10.2. The quantitative estimate of drug-likeness (QED) is 0.553. The van der Waals surface area contributed by atoms with Crippen molar-refractivity contribution >= 4 is 18.8 Å². The zero-order chi connectivity index (χ0) is 25.2. The van der Waals surface area contributed by atoms with Gasteiger partial charge in [0, 0.05) is 60.0 Å². The molecule has 1 aromatic carbocycles. The van der Waals surface area contributed by atoms with Gasteiger partial charge in [0.15, 0.2) is 5.69 Å². The number of rotatable bonds is 6. The number of carbonyl (C=O) groups is 1. The predicted octanol–water partition coefficient (Wildman–Crippen LogP) is 1.56. The smallest absolute Gasteiger partial charge is 0.361 e. The number of carbonyl (C=O) groups excluding carboxylic acids is 1. The number of amides is 1. The number of halogens is 1. The Kier molecular flexibility index (Phi) is 7.39. The molecule has 2 aromatic rings. The van der Waals surface area contributed by atoms with E-state index in [4.69, 9.17) is 18.5 Å². The summed E-state index contributed by atoms with van der Waals surface area (Å²) >= 11 is 0. The Labute approximate surface area is 200 Å². The topological polar surface area (TPSA) is 138 Å². The van der Waals surface area contributed by atoms with E-state index < -0.39 is 41.9 Å². The van der Waals surface area contributed by atoms with Crippen LogP contribution in [0.2, 0.25) is 0 Å². The third-order valence-corrected chi connectivity index (χ3v) is 8.20. The third kappa shape index (κ3) is 4.76. The van der Waals surface area contributed by atoms with Crippen molar-refractivity contribution in [2.45, 2.75) is 38.0 Å². The second-order valence-electron chi connectivity index (χ2n) is 8.22. The van der Waals surface area contributed by atoms with Crippen molar-refractivity contribution < 1.29 is 37.4 Å². The number of hydrogen-bond acceptors (Lipinski definition) is 9. The Hall–Kier alpha value is -2.63. The van der Waals surface area contributed by atoms with E-state index in [2.05, 4.69) is 10.3 Å². The number of nitrogens with one attached hydrogen (secondary N) is 1. The second-order valence-corrected chi connectivity index (χ2v) is 10.4. The van der Waals surface area contributed by atoms with Crippen molar-refractivity contribution in [1.29, 1.82) is 0 Å². The summed E-state index contributed by atoms with van der Waals surface area (Å²) in [4.78, 5) is 30.4. The lowest BCUT2D eigenvalue weighted by Gasteiger charge is -2.36. The van der Waals surface area contributed by atoms with Crippen molar-refractivity contribution in [3.8, 4) is 5.75 Å². The van der Waals surface area contributed by atoms with Gasteiger partial charge in [-0.3, -0.25) is 18.7 Å². The van der Waals surface area contributed by atoms with E-state index in [1.54, 1.807) is 0 Å². The van der Waals surface area contributed by atoms with Crippen LogP contribution in [0.25, 0.3) is 0 Å². The van der Waals surface area contributed by atoms with Crippen LogP contribution in [-0.2, 0) is 41.8 Å². The lowest BCUT2D eigenvalue weighted by molar-refractivity contribution is -0.118. The number of aromatic hydroxyl groups is 1. The van der Waals surface area contributed by atoms with E-state index >= 15 is 0 Å². The molecular formula is C22H27FN3O8P. The van der Waals surface area contributed by atoms with Gasteiger partial charge in [-0.25, -0.2) is 9.37 Å². The molecular weight excluding hydrogens is 484 g/mol. The molecule has 0 unspecified atom stereocenters. The molecule has 1 saturated heterocycles. The zero-order valence-corrected chi connectivity index (χ0v) is 20.3. The van der Waals surface area contributed by atoms with Crippen LogP contribution in [0, 0.1) is 5.82 Å². The monoisotopic (exact) mass is 511 g/mol. The number of aromatic nitrogens is 2. The fourth-order valence-corrected chi connectivity index (χ4v) is 5.68. The highest BCUT2D eigenvalue weighted by Gasteiger charge is 2.42. The maximum absolute atomic E-state index is 13.9. The molecule has 190 valence electrons. The first-order chi connectivity index (χ1) is 16.7. The van der Waals surface area contributed by atoms with Gasteiger partial charge in [0.05, 0.1) is 5.30 Å². The van der Waals surface area contributed by atoms with Crippen LogP contribution in [0.15, 0.2) is 23.0 Å². The molecule has 13 heteroatoms. The summed E-state index contributed by atoms with van der Waals surface area (Å²) in [6.45, 7) is 1.29. The van der Waals surface area contributed by atoms with Crippen LogP contribution in [0.5, 0.6) is 5.75 Å². The minimum atomic E-state index is -3.83. The van der Waals surface area contributed by atoms with Crippen molar-refractivity contribution in [1.82, 2.24) is 14.9 Å². The molecule has 0 bridgehead atoms. The minimum Gasteiger partial charge on any atom is -0.501 e. The highest BCUT2D eigenvalue weighted by molar-refractivity contribution is 7.62. The average molecular weight is 511 g/mol. The van der Waals surface area contributed by atoms with Gasteiger partial charge in [0.25, 0.3) is 11.5 Å². The van der Waals surface area contributed by atoms with Gasteiger partial charge in [-0.2, -0.15) is 0 Å². The molecule has 2 N–H and O–H groups in total. The highest BCUT2D eigenvalue weighted by atomic mass is 31.2. The molecule has 1 amide bonds. The minimum absolute atomic E-state index is 0.0588. The Morgan fingerprint density at radius 2 is 2.00 bits per heavy atom. The molecule has 3 heterocycles. The first-order valence-electron chi connectivity index (χ1n) is 11.1. The molecule has 4 rings (SSSR count). The first-order valence-corrected chi connectivity index (χ1v) is 12.6. The van der Waals surface area contributed by atoms with Gasteiger partial charge in [-0.15, -0.1) is 0 Å². The van der Waals surface area contributed by atoms with Gasteiger partial charge < -0.3 is 28.9 Å². The lowest BCUT2D eigenvalue weighted by atomic mass is 9.92. The summed E-state index contributed by atoms with van der Waals surface area (Å²) in [6, 6.07) is 3.48. The number of fused-ring (bicyclic) bond motifs is 2. The fourth-order valence-electron chi connectivity index (χ4n) is 4.35. The summed E-state index contributed by atoms with van der Waals surface area (Å²) in [5.41, 5.74) is -1.82. The summed E-state index contributed by atoms with van der Waals surface area (Å²) < 4.78 is 49.5. The van der Waals surface area contributed by atoms with Crippen LogP contribution >= 0.6 is 7.60 Å². The van der Waals surface area contributed by atoms with Gasteiger partial charge in [-0.05, 0) is 24.1 Å². The third-order valence-electron chi connectivity index (χ3n) is 6.24. The van der Waals surface area contributed by atoms with Crippen LogP contribution < -0.4 is 16.2 Å². The Morgan fingerprint density at radius 1 is 1.29 bits per heavy atom. The van der Waals surface area contributed by atoms with Crippen molar-refractivity contribution in [2.24, 2.45) is 0 Å². The molecule has 35 heavy (non-hydrogen) atoms. The fraction of sp³-hybridized carbons (Fsp3) is 0.500. The SMILES string of the molecule is COP(=O)(OC)c1cc(F)ccc1CNC(=O)c1nc2n(c(=O)c1O)CCCOC21CCOCC1. The Balaban J connectivity index is 1.68. The maximum Gasteiger partial charge on any atom is 0.361 e. The van der Waals surface area contributed by atoms with Crippen LogP contribution in [0.4, 0.5) is 4.39 Å². The molecule has 1 aromatic heterocycles. The molecule has 0 atom stereocenters. The van der Waals surface area contributed by atoms with E-state index in [-0.39, 0.29) is 23.2 Å². The molecule has 11 nitrogen and oxygen atoms in total. The Bertz CT molecular complexity index is 1220. The number of hydrogen-bond donors (Lipinski definition) is 2. The van der Waals surface area contributed by atoms with E-state index in [1.807, 2.05) is 0 Å². The average Bonchev–Trinajstić information content (AvgIpc) is 3.04. The summed E-state index contributed by atoms with van der Waals surface area (Å²) in [5, 5.41) is 13.0. The largest absolute Gasteiger partial charge is 0.501 e. The molecule has 1 spiro atoms. The van der Waals surface area contributed by atoms with E-state index in [9.17, 15) is 23.7 Å². The van der Waals surface area contributed by atoms with Crippen molar-refractivity contribution in [2.75, 3.05) is 34.0 Å². The first kappa shape index (κ1) is 25.5. The van der Waals surface area contributed by atoms with Crippen LogP contribution in [0.3, 0.4) is 0 Å². The molecule has 0 radical (unpaired) electrons. The lowest BCUT2D eigenvalue weighted by Crippen LogP contribution is -2.42. The molecule has 2 aliphatic heterocycles. The summed E-state index contributed by atoms with van der Waals surface area (Å²) in [7, 11) is -1.50. The number of ether oxygens (including phenoxy) is 2. The van der Waals surface area contributed by atoms with Gasteiger partial charge in [0.2, 0.25) is 5.75 Å². The van der Waals surface area contributed by atoms with E-state index in [0.717, 1.165) is 26.4 Å². The molecule has 2 aliphatic rings. The molecule has 0 aliphatic carbocycles. The van der Waals surface area contributed by atoms with Crippen molar-refractivity contribution in [3.05, 3.63) is 51.5 Å². The Morgan fingerprint density at radius 3 is 2.69 bits per heavy atom. The number of benzene rings is 1. The van der Waals surface area contributed by atoms with Crippen LogP contribution in [0.1, 0.15) is 41.1 Å². The summed E-state index contributed by atoms with van der Waals surface area (Å²) in [5.74, 6) is -2.01. The maximum atomic E-state index is 13.9. The number of nitrogens with zero attached hydrogens (tertiary/aromatic N) is 2. The molecule has 1 fully saturated rings.